The molecule has 0 fully saturated rings. The monoisotopic (exact) mass is 466 g/mol. The number of carbonyl (C=O) groups is 1. The summed E-state index contributed by atoms with van der Waals surface area (Å²) in [4.78, 5) is 16.2. The van der Waals surface area contributed by atoms with E-state index in [1.165, 1.54) is 0 Å². The van der Waals surface area contributed by atoms with E-state index in [1.54, 1.807) is 6.07 Å². The Balaban J connectivity index is 0.00000220. The molecule has 1 heterocycles. The molecule has 1 amide bonds. The highest BCUT2D eigenvalue weighted by molar-refractivity contribution is 14.0. The Kier molecular flexibility index (Phi) is 8.67. The lowest BCUT2D eigenvalue weighted by molar-refractivity contribution is 0.0953. The second-order valence-electron chi connectivity index (χ2n) is 4.56. The highest BCUT2D eigenvalue weighted by Crippen LogP contribution is 2.11. The van der Waals surface area contributed by atoms with E-state index in [-0.39, 0.29) is 29.9 Å². The van der Waals surface area contributed by atoms with Crippen LogP contribution in [0.2, 0.25) is 0 Å². The van der Waals surface area contributed by atoms with Crippen molar-refractivity contribution < 1.29 is 4.79 Å². The van der Waals surface area contributed by atoms with Gasteiger partial charge in [-0.2, -0.15) is 0 Å². The van der Waals surface area contributed by atoms with Gasteiger partial charge in [0.25, 0.3) is 5.91 Å². The zero-order valence-corrected chi connectivity index (χ0v) is 15.6. The minimum absolute atomic E-state index is 0. The van der Waals surface area contributed by atoms with Gasteiger partial charge in [0.05, 0.1) is 0 Å². The predicted octanol–water partition coefficient (Wildman–Crippen LogP) is 2.13. The Morgan fingerprint density at radius 3 is 2.95 bits per heavy atom. The Morgan fingerprint density at radius 1 is 1.38 bits per heavy atom. The van der Waals surface area contributed by atoms with E-state index in [2.05, 4.69) is 36.9 Å². The maximum atomic E-state index is 11.9. The van der Waals surface area contributed by atoms with Crippen LogP contribution in [0.5, 0.6) is 0 Å². The number of hydrogen-bond donors (Lipinski definition) is 3. The van der Waals surface area contributed by atoms with Crippen molar-refractivity contribution in [2.24, 2.45) is 4.99 Å². The first-order valence-corrected chi connectivity index (χ1v) is 7.61. The fraction of sp³-hybridized carbons (Fsp3) is 0.429. The van der Waals surface area contributed by atoms with Crippen LogP contribution in [0.1, 0.15) is 23.2 Å². The van der Waals surface area contributed by atoms with Crippen molar-refractivity contribution in [2.75, 3.05) is 26.2 Å². The van der Waals surface area contributed by atoms with Crippen LogP contribution in [-0.4, -0.2) is 38.0 Å². The molecule has 0 spiro atoms. The summed E-state index contributed by atoms with van der Waals surface area (Å²) >= 11 is 3.36. The molecule has 0 radical (unpaired) electrons. The molecule has 0 aliphatic carbocycles. The minimum Gasteiger partial charge on any atom is -0.356 e. The summed E-state index contributed by atoms with van der Waals surface area (Å²) in [5, 5.41) is 9.33. The van der Waals surface area contributed by atoms with Gasteiger partial charge in [0.1, 0.15) is 0 Å². The van der Waals surface area contributed by atoms with E-state index in [1.807, 2.05) is 18.2 Å². The standard InChI is InChI=1S/C14H19BrN4O.HI/c15-12-5-1-4-11(10-12)13(20)16-6-2-7-17-14-18-8-3-9-19-14;/h1,4-5,10H,2-3,6-9H2,(H,16,20)(H2,17,18,19);1H. The number of aliphatic imine (C=N–C) groups is 1. The average Bonchev–Trinajstić information content (AvgIpc) is 2.48. The summed E-state index contributed by atoms with van der Waals surface area (Å²) in [6.07, 6.45) is 1.95. The molecule has 5 nitrogen and oxygen atoms in total. The maximum Gasteiger partial charge on any atom is 0.251 e. The molecule has 21 heavy (non-hydrogen) atoms. The third-order valence-electron chi connectivity index (χ3n) is 2.92. The first-order chi connectivity index (χ1) is 9.75. The second-order valence-corrected chi connectivity index (χ2v) is 5.47. The van der Waals surface area contributed by atoms with Crippen molar-refractivity contribution >= 4 is 51.8 Å². The predicted molar refractivity (Wildman–Crippen MR) is 99.4 cm³/mol. The summed E-state index contributed by atoms with van der Waals surface area (Å²) in [6, 6.07) is 7.37. The van der Waals surface area contributed by atoms with Crippen LogP contribution >= 0.6 is 39.9 Å². The normalized spacial score (nSPS) is 13.5. The Hall–Kier alpha value is -0.830. The van der Waals surface area contributed by atoms with Gasteiger partial charge in [0.15, 0.2) is 5.96 Å². The van der Waals surface area contributed by atoms with E-state index in [0.717, 1.165) is 42.9 Å². The number of nitrogens with zero attached hydrogens (tertiary/aromatic N) is 1. The molecule has 3 N–H and O–H groups in total. The van der Waals surface area contributed by atoms with Gasteiger partial charge in [-0.15, -0.1) is 24.0 Å². The molecular formula is C14H20BrIN4O. The molecule has 1 aliphatic rings. The third-order valence-corrected chi connectivity index (χ3v) is 3.41. The third kappa shape index (κ3) is 6.64. The number of amides is 1. The molecule has 1 aromatic rings. The van der Waals surface area contributed by atoms with E-state index in [0.29, 0.717) is 12.1 Å². The van der Waals surface area contributed by atoms with Gasteiger partial charge in [-0.25, -0.2) is 0 Å². The highest BCUT2D eigenvalue weighted by Gasteiger charge is 2.05. The quantitative estimate of drug-likeness (QED) is 0.460. The molecule has 0 bridgehead atoms. The summed E-state index contributed by atoms with van der Waals surface area (Å²) in [7, 11) is 0. The molecule has 7 heteroatoms. The Bertz CT molecular complexity index is 496. The summed E-state index contributed by atoms with van der Waals surface area (Å²) in [5.74, 6) is 0.828. The van der Waals surface area contributed by atoms with Crippen LogP contribution in [0.25, 0.3) is 0 Å². The van der Waals surface area contributed by atoms with Crippen LogP contribution in [0, 0.1) is 0 Å². The van der Waals surface area contributed by atoms with Crippen molar-refractivity contribution in [2.45, 2.75) is 12.8 Å². The largest absolute Gasteiger partial charge is 0.356 e. The number of halogens is 2. The topological polar surface area (TPSA) is 65.5 Å². The lowest BCUT2D eigenvalue weighted by Crippen LogP contribution is -2.41. The van der Waals surface area contributed by atoms with Gasteiger partial charge in [-0.05, 0) is 31.0 Å². The lowest BCUT2D eigenvalue weighted by atomic mass is 10.2. The van der Waals surface area contributed by atoms with Crippen LogP contribution in [-0.2, 0) is 0 Å². The molecule has 0 unspecified atom stereocenters. The van der Waals surface area contributed by atoms with E-state index >= 15 is 0 Å². The van der Waals surface area contributed by atoms with Gasteiger partial charge in [-0.3, -0.25) is 9.79 Å². The van der Waals surface area contributed by atoms with E-state index in [9.17, 15) is 4.79 Å². The van der Waals surface area contributed by atoms with Gasteiger partial charge in [0.2, 0.25) is 0 Å². The molecule has 0 aromatic heterocycles. The maximum absolute atomic E-state index is 11.9. The number of benzene rings is 1. The molecule has 2 rings (SSSR count). The van der Waals surface area contributed by atoms with Gasteiger partial charge in [-0.1, -0.05) is 22.0 Å². The number of carbonyl (C=O) groups excluding carboxylic acids is 1. The van der Waals surface area contributed by atoms with Crippen molar-refractivity contribution in [3.05, 3.63) is 34.3 Å². The van der Waals surface area contributed by atoms with Crippen molar-refractivity contribution in [1.82, 2.24) is 16.0 Å². The van der Waals surface area contributed by atoms with Gasteiger partial charge < -0.3 is 16.0 Å². The van der Waals surface area contributed by atoms with Crippen LogP contribution in [0.15, 0.2) is 33.7 Å². The van der Waals surface area contributed by atoms with Crippen LogP contribution in [0.3, 0.4) is 0 Å². The second kappa shape index (κ2) is 9.99. The van der Waals surface area contributed by atoms with Crippen molar-refractivity contribution in [3.8, 4) is 0 Å². The smallest absolute Gasteiger partial charge is 0.251 e. The molecule has 1 aliphatic heterocycles. The van der Waals surface area contributed by atoms with Crippen molar-refractivity contribution in [3.63, 3.8) is 0 Å². The molecule has 116 valence electrons. The van der Waals surface area contributed by atoms with E-state index < -0.39 is 0 Å². The zero-order chi connectivity index (χ0) is 14.2. The molecule has 0 atom stereocenters. The fourth-order valence-corrected chi connectivity index (χ4v) is 2.28. The summed E-state index contributed by atoms with van der Waals surface area (Å²) < 4.78 is 0.910. The van der Waals surface area contributed by atoms with Gasteiger partial charge in [0, 0.05) is 36.2 Å². The average molecular weight is 467 g/mol. The van der Waals surface area contributed by atoms with E-state index in [4.69, 9.17) is 0 Å². The summed E-state index contributed by atoms with van der Waals surface area (Å²) in [6.45, 7) is 3.30. The van der Waals surface area contributed by atoms with Gasteiger partial charge >= 0.3 is 0 Å². The molecular weight excluding hydrogens is 447 g/mol. The fourth-order valence-electron chi connectivity index (χ4n) is 1.88. The first-order valence-electron chi connectivity index (χ1n) is 6.81. The number of hydrogen-bond acceptors (Lipinski definition) is 4. The minimum atomic E-state index is -0.0422. The Morgan fingerprint density at radius 2 is 2.24 bits per heavy atom. The number of guanidine groups is 1. The molecule has 0 saturated carbocycles. The number of nitrogens with one attached hydrogen (secondary N) is 3. The zero-order valence-electron chi connectivity index (χ0n) is 11.7. The number of rotatable bonds is 5. The van der Waals surface area contributed by atoms with Crippen LogP contribution in [0.4, 0.5) is 0 Å². The van der Waals surface area contributed by atoms with Crippen LogP contribution < -0.4 is 16.0 Å². The lowest BCUT2D eigenvalue weighted by Gasteiger charge is -2.15. The Labute approximate surface area is 150 Å². The SMILES string of the molecule is I.O=C(NCCCNC1=NCCCN1)c1cccc(Br)c1. The summed E-state index contributed by atoms with van der Waals surface area (Å²) in [5.41, 5.74) is 0.672. The van der Waals surface area contributed by atoms with Crippen molar-refractivity contribution in [1.29, 1.82) is 0 Å². The molecule has 0 saturated heterocycles. The molecule has 1 aromatic carbocycles. The first kappa shape index (κ1) is 18.2. The highest BCUT2D eigenvalue weighted by atomic mass is 127.